The number of benzene rings is 1. The largest absolute Gasteiger partial charge is 0.486 e. The van der Waals surface area contributed by atoms with Crippen LogP contribution in [0.15, 0.2) is 40.9 Å². The van der Waals surface area contributed by atoms with Crippen LogP contribution in [-0.2, 0) is 13.7 Å². The highest BCUT2D eigenvalue weighted by molar-refractivity contribution is 6.06. The number of furan rings is 1. The number of nitrogens with one attached hydrogen (secondary N) is 2. The molecular weight excluding hydrogens is 380 g/mol. The minimum absolute atomic E-state index is 0.0843. The predicted octanol–water partition coefficient (Wildman–Crippen LogP) is 1.93. The summed E-state index contributed by atoms with van der Waals surface area (Å²) in [6.45, 7) is 0.317. The molecule has 2 amide bonds. The lowest BCUT2D eigenvalue weighted by molar-refractivity contribution is 0.0958. The minimum atomic E-state index is -0.502. The zero-order valence-electron chi connectivity index (χ0n) is 15.7. The zero-order chi connectivity index (χ0) is 20.4. The van der Waals surface area contributed by atoms with E-state index in [1.807, 2.05) is 0 Å². The summed E-state index contributed by atoms with van der Waals surface area (Å²) in [4.78, 5) is 24.3. The van der Waals surface area contributed by atoms with Crippen LogP contribution in [-0.4, -0.2) is 35.4 Å². The third-order valence-corrected chi connectivity index (χ3v) is 4.13. The molecule has 0 saturated heterocycles. The van der Waals surface area contributed by atoms with E-state index in [1.165, 1.54) is 24.0 Å². The van der Waals surface area contributed by atoms with Crippen LogP contribution in [0, 0.1) is 0 Å². The Morgan fingerprint density at radius 2 is 2.00 bits per heavy atom. The van der Waals surface area contributed by atoms with Crippen LogP contribution < -0.4 is 24.8 Å². The van der Waals surface area contributed by atoms with Crippen molar-refractivity contribution in [3.63, 3.8) is 0 Å². The summed E-state index contributed by atoms with van der Waals surface area (Å²) in [6.07, 6.45) is 1.54. The molecule has 2 N–H and O–H groups in total. The van der Waals surface area contributed by atoms with Gasteiger partial charge in [-0.2, -0.15) is 5.10 Å². The minimum Gasteiger partial charge on any atom is -0.486 e. The second kappa shape index (κ2) is 7.58. The number of rotatable bonds is 6. The zero-order valence-corrected chi connectivity index (χ0v) is 15.7. The molecule has 0 fully saturated rings. The number of carbonyl (C=O) groups is 2. The van der Waals surface area contributed by atoms with Crippen molar-refractivity contribution >= 4 is 17.5 Å². The van der Waals surface area contributed by atoms with E-state index in [1.54, 1.807) is 31.3 Å². The molecule has 3 aromatic rings. The molecule has 29 heavy (non-hydrogen) atoms. The first-order valence-electron chi connectivity index (χ1n) is 8.71. The molecule has 150 valence electrons. The van der Waals surface area contributed by atoms with E-state index >= 15 is 0 Å². The van der Waals surface area contributed by atoms with E-state index in [9.17, 15) is 9.59 Å². The van der Waals surface area contributed by atoms with Crippen molar-refractivity contribution in [2.75, 3.05) is 19.2 Å². The first kappa shape index (κ1) is 18.4. The van der Waals surface area contributed by atoms with Gasteiger partial charge in [-0.05, 0) is 24.3 Å². The molecule has 10 heteroatoms. The summed E-state index contributed by atoms with van der Waals surface area (Å²) in [5.74, 6) is 1.51. The maximum Gasteiger partial charge on any atom is 0.291 e. The van der Waals surface area contributed by atoms with Gasteiger partial charge in [0.05, 0.1) is 5.69 Å². The van der Waals surface area contributed by atoms with Crippen molar-refractivity contribution in [2.45, 2.75) is 6.61 Å². The molecule has 0 radical (unpaired) electrons. The molecule has 1 aliphatic rings. The summed E-state index contributed by atoms with van der Waals surface area (Å²) in [7, 11) is 3.14. The van der Waals surface area contributed by atoms with Crippen molar-refractivity contribution in [1.29, 1.82) is 0 Å². The molecule has 3 heterocycles. The molecule has 1 aliphatic heterocycles. The Hall–Kier alpha value is -3.95. The van der Waals surface area contributed by atoms with E-state index < -0.39 is 11.8 Å². The highest BCUT2D eigenvalue weighted by Gasteiger charge is 2.19. The second-order valence-corrected chi connectivity index (χ2v) is 6.17. The van der Waals surface area contributed by atoms with Crippen molar-refractivity contribution in [1.82, 2.24) is 15.1 Å². The number of fused-ring (bicyclic) bond motifs is 1. The average Bonchev–Trinajstić information content (AvgIpc) is 3.45. The number of amides is 2. The van der Waals surface area contributed by atoms with Gasteiger partial charge in [0.15, 0.2) is 23.0 Å². The Labute approximate surface area is 165 Å². The second-order valence-electron chi connectivity index (χ2n) is 6.17. The normalized spacial score (nSPS) is 11.9. The van der Waals surface area contributed by atoms with Gasteiger partial charge < -0.3 is 29.3 Å². The summed E-state index contributed by atoms with van der Waals surface area (Å²) in [6, 6.07) is 8.42. The average molecular weight is 398 g/mol. The summed E-state index contributed by atoms with van der Waals surface area (Å²) in [5, 5.41) is 9.15. The molecule has 0 bridgehead atoms. The van der Waals surface area contributed by atoms with Gasteiger partial charge in [-0.3, -0.25) is 14.3 Å². The van der Waals surface area contributed by atoms with Gasteiger partial charge in [-0.1, -0.05) is 0 Å². The molecule has 0 saturated carbocycles. The SMILES string of the molecule is CNC(=O)c1nn(C)cc1NC(=O)c1ccc(COc2ccc3c(c2)OCO3)o1. The molecule has 0 atom stereocenters. The van der Waals surface area contributed by atoms with Gasteiger partial charge in [-0.15, -0.1) is 0 Å². The van der Waals surface area contributed by atoms with Crippen molar-refractivity contribution in [3.8, 4) is 17.2 Å². The van der Waals surface area contributed by atoms with Gasteiger partial charge in [0, 0.05) is 26.4 Å². The fourth-order valence-corrected chi connectivity index (χ4v) is 2.75. The number of ether oxygens (including phenoxy) is 3. The highest BCUT2D eigenvalue weighted by atomic mass is 16.7. The van der Waals surface area contributed by atoms with Gasteiger partial charge >= 0.3 is 0 Å². The van der Waals surface area contributed by atoms with Crippen LogP contribution in [0.4, 0.5) is 5.69 Å². The van der Waals surface area contributed by atoms with Crippen LogP contribution in [0.2, 0.25) is 0 Å². The molecule has 10 nitrogen and oxygen atoms in total. The molecular formula is C19H18N4O6. The lowest BCUT2D eigenvalue weighted by Crippen LogP contribution is -2.21. The Kier molecular flexibility index (Phi) is 4.82. The number of nitrogens with zero attached hydrogens (tertiary/aromatic N) is 2. The Bertz CT molecular complexity index is 1070. The Morgan fingerprint density at radius 1 is 1.17 bits per heavy atom. The predicted molar refractivity (Wildman–Crippen MR) is 100 cm³/mol. The number of aryl methyl sites for hydroxylation is 1. The van der Waals surface area contributed by atoms with E-state index in [2.05, 4.69) is 15.7 Å². The van der Waals surface area contributed by atoms with E-state index in [-0.39, 0.29) is 30.5 Å². The van der Waals surface area contributed by atoms with Crippen molar-refractivity contribution in [2.24, 2.45) is 7.05 Å². The molecule has 2 aromatic heterocycles. The lowest BCUT2D eigenvalue weighted by atomic mass is 10.3. The van der Waals surface area contributed by atoms with E-state index in [0.717, 1.165) is 0 Å². The summed E-state index contributed by atoms with van der Waals surface area (Å²) >= 11 is 0. The third-order valence-electron chi connectivity index (χ3n) is 4.13. The van der Waals surface area contributed by atoms with E-state index in [0.29, 0.717) is 23.0 Å². The molecule has 1 aromatic carbocycles. The van der Waals surface area contributed by atoms with Crippen LogP contribution in [0.5, 0.6) is 17.2 Å². The Balaban J connectivity index is 1.40. The number of aromatic nitrogens is 2. The van der Waals surface area contributed by atoms with Gasteiger partial charge in [0.2, 0.25) is 6.79 Å². The van der Waals surface area contributed by atoms with Crippen LogP contribution >= 0.6 is 0 Å². The maximum atomic E-state index is 12.5. The number of carbonyl (C=O) groups excluding carboxylic acids is 2. The smallest absolute Gasteiger partial charge is 0.291 e. The number of anilines is 1. The standard InChI is InChI=1S/C19H18N4O6/c1-20-19(25)17-13(8-23(2)22-17)21-18(24)15-6-4-12(29-15)9-26-11-3-5-14-16(7-11)28-10-27-14/h3-8H,9-10H2,1-2H3,(H,20,25)(H,21,24). The van der Waals surface area contributed by atoms with Gasteiger partial charge in [0.25, 0.3) is 11.8 Å². The maximum absolute atomic E-state index is 12.5. The van der Waals surface area contributed by atoms with Gasteiger partial charge in [0.1, 0.15) is 18.1 Å². The molecule has 4 rings (SSSR count). The number of hydrogen-bond donors (Lipinski definition) is 2. The van der Waals surface area contributed by atoms with Crippen LogP contribution in [0.25, 0.3) is 0 Å². The first-order chi connectivity index (χ1) is 14.0. The van der Waals surface area contributed by atoms with Crippen LogP contribution in [0.1, 0.15) is 26.8 Å². The van der Waals surface area contributed by atoms with Crippen molar-refractivity contribution < 1.29 is 28.2 Å². The van der Waals surface area contributed by atoms with Crippen LogP contribution in [0.3, 0.4) is 0 Å². The molecule has 0 aliphatic carbocycles. The number of hydrogen-bond acceptors (Lipinski definition) is 7. The van der Waals surface area contributed by atoms with Gasteiger partial charge in [-0.25, -0.2) is 0 Å². The quantitative estimate of drug-likeness (QED) is 0.652. The monoisotopic (exact) mass is 398 g/mol. The molecule has 0 unspecified atom stereocenters. The fourth-order valence-electron chi connectivity index (χ4n) is 2.75. The third kappa shape index (κ3) is 3.86. The van der Waals surface area contributed by atoms with E-state index in [4.69, 9.17) is 18.6 Å². The molecule has 0 spiro atoms. The highest BCUT2D eigenvalue weighted by Crippen LogP contribution is 2.35. The fraction of sp³-hybridized carbons (Fsp3) is 0.211. The van der Waals surface area contributed by atoms with Crippen molar-refractivity contribution in [3.05, 3.63) is 53.7 Å². The summed E-state index contributed by atoms with van der Waals surface area (Å²) < 4.78 is 23.2. The Morgan fingerprint density at radius 3 is 2.83 bits per heavy atom. The first-order valence-corrected chi connectivity index (χ1v) is 8.71. The summed E-state index contributed by atoms with van der Waals surface area (Å²) in [5.41, 5.74) is 0.396. The topological polar surface area (TPSA) is 117 Å². The lowest BCUT2D eigenvalue weighted by Gasteiger charge is -2.05.